The summed E-state index contributed by atoms with van der Waals surface area (Å²) in [6.45, 7) is 4.04. The van der Waals surface area contributed by atoms with E-state index in [2.05, 4.69) is 9.71 Å². The zero-order valence-corrected chi connectivity index (χ0v) is 10.1. The lowest BCUT2D eigenvalue weighted by molar-refractivity contribution is 0.555. The highest BCUT2D eigenvalue weighted by Crippen LogP contribution is 2.45. The monoisotopic (exact) mass is 241 g/mol. The molecule has 0 aliphatic heterocycles. The molecule has 0 aromatic carbocycles. The topological polar surface area (TPSA) is 85.1 Å². The Labute approximate surface area is 95.1 Å². The number of nitrogens with two attached hydrogens (primary N) is 1. The molecule has 88 valence electrons. The van der Waals surface area contributed by atoms with E-state index >= 15 is 0 Å². The number of hydrogen-bond donors (Lipinski definition) is 2. The molecular formula is C10H15N3O2S. The van der Waals surface area contributed by atoms with Gasteiger partial charge in [-0.15, -0.1) is 0 Å². The highest BCUT2D eigenvalue weighted by Gasteiger charge is 2.48. The maximum atomic E-state index is 12.0. The Morgan fingerprint density at radius 3 is 2.69 bits per heavy atom. The van der Waals surface area contributed by atoms with Gasteiger partial charge in [0.1, 0.15) is 4.90 Å². The number of pyridine rings is 1. The first-order chi connectivity index (χ1) is 7.33. The molecule has 1 aromatic heterocycles. The first-order valence-corrected chi connectivity index (χ1v) is 6.53. The largest absolute Gasteiger partial charge is 0.398 e. The molecule has 0 saturated heterocycles. The minimum Gasteiger partial charge on any atom is -0.398 e. The molecule has 1 fully saturated rings. The number of nitrogens with zero attached hydrogens (tertiary/aromatic N) is 1. The van der Waals surface area contributed by atoms with Gasteiger partial charge in [0, 0.05) is 18.4 Å². The number of anilines is 1. The summed E-state index contributed by atoms with van der Waals surface area (Å²) in [6, 6.07) is 1.48. The van der Waals surface area contributed by atoms with Crippen molar-refractivity contribution in [3.8, 4) is 0 Å². The molecule has 6 heteroatoms. The molecule has 3 N–H and O–H groups in total. The Morgan fingerprint density at radius 1 is 1.56 bits per heavy atom. The van der Waals surface area contributed by atoms with Gasteiger partial charge in [-0.2, -0.15) is 0 Å². The fourth-order valence-electron chi connectivity index (χ4n) is 1.53. The van der Waals surface area contributed by atoms with Crippen molar-refractivity contribution in [3.05, 3.63) is 18.5 Å². The second kappa shape index (κ2) is 3.43. The minimum atomic E-state index is -3.54. The fraction of sp³-hybridized carbons (Fsp3) is 0.500. The molecule has 0 radical (unpaired) electrons. The van der Waals surface area contributed by atoms with E-state index in [0.717, 1.165) is 6.42 Å². The van der Waals surface area contributed by atoms with Gasteiger partial charge >= 0.3 is 0 Å². The predicted molar refractivity (Wildman–Crippen MR) is 61.2 cm³/mol. The Balaban J connectivity index is 2.24. The van der Waals surface area contributed by atoms with Crippen LogP contribution in [0.2, 0.25) is 0 Å². The van der Waals surface area contributed by atoms with Gasteiger partial charge in [0.25, 0.3) is 0 Å². The first-order valence-electron chi connectivity index (χ1n) is 5.05. The average Bonchev–Trinajstić information content (AvgIpc) is 2.72. The lowest BCUT2D eigenvalue weighted by Crippen LogP contribution is -2.29. The molecule has 1 atom stereocenters. The zero-order chi connectivity index (χ0) is 12.0. The van der Waals surface area contributed by atoms with Crippen LogP contribution < -0.4 is 10.5 Å². The molecule has 16 heavy (non-hydrogen) atoms. The van der Waals surface area contributed by atoms with Gasteiger partial charge in [0.05, 0.1) is 5.69 Å². The number of aromatic nitrogens is 1. The Bertz CT molecular complexity index is 511. The van der Waals surface area contributed by atoms with E-state index in [-0.39, 0.29) is 22.0 Å². The summed E-state index contributed by atoms with van der Waals surface area (Å²) in [5, 5.41) is 0. The van der Waals surface area contributed by atoms with Gasteiger partial charge in [-0.1, -0.05) is 13.8 Å². The van der Waals surface area contributed by atoms with Gasteiger partial charge in [-0.25, -0.2) is 13.1 Å². The van der Waals surface area contributed by atoms with Gasteiger partial charge in [-0.05, 0) is 17.9 Å². The molecule has 1 unspecified atom stereocenters. The molecule has 1 saturated carbocycles. The van der Waals surface area contributed by atoms with E-state index in [4.69, 9.17) is 5.73 Å². The third kappa shape index (κ3) is 2.03. The molecule has 1 aromatic rings. The Hall–Kier alpha value is -1.14. The SMILES string of the molecule is CC1(C)CC1NS(=O)(=O)c1cnccc1N. The van der Waals surface area contributed by atoms with Crippen molar-refractivity contribution in [2.45, 2.75) is 31.2 Å². The van der Waals surface area contributed by atoms with Crippen molar-refractivity contribution >= 4 is 15.7 Å². The average molecular weight is 241 g/mol. The van der Waals surface area contributed by atoms with Crippen LogP contribution in [-0.4, -0.2) is 19.4 Å². The number of nitrogens with one attached hydrogen (secondary N) is 1. The maximum Gasteiger partial charge on any atom is 0.244 e. The molecule has 0 spiro atoms. The van der Waals surface area contributed by atoms with Crippen molar-refractivity contribution in [1.82, 2.24) is 9.71 Å². The standard InChI is InChI=1S/C10H15N3O2S/c1-10(2)5-9(10)13-16(14,15)8-6-12-4-3-7(8)11/h3-4,6,9,13H,5H2,1-2H3,(H2,11,12). The zero-order valence-electron chi connectivity index (χ0n) is 9.27. The van der Waals surface area contributed by atoms with E-state index in [0.29, 0.717) is 0 Å². The highest BCUT2D eigenvalue weighted by molar-refractivity contribution is 7.89. The Kier molecular flexibility index (Phi) is 2.43. The summed E-state index contributed by atoms with van der Waals surface area (Å²) >= 11 is 0. The second-order valence-electron chi connectivity index (χ2n) is 4.78. The lowest BCUT2D eigenvalue weighted by Gasteiger charge is -2.09. The van der Waals surface area contributed by atoms with Crippen molar-refractivity contribution < 1.29 is 8.42 Å². The van der Waals surface area contributed by atoms with Crippen molar-refractivity contribution in [3.63, 3.8) is 0 Å². The van der Waals surface area contributed by atoms with Gasteiger partial charge in [0.15, 0.2) is 0 Å². The van der Waals surface area contributed by atoms with Gasteiger partial charge in [0.2, 0.25) is 10.0 Å². The molecule has 5 nitrogen and oxygen atoms in total. The molecule has 1 aliphatic rings. The van der Waals surface area contributed by atoms with Crippen LogP contribution in [0.4, 0.5) is 5.69 Å². The number of rotatable bonds is 3. The minimum absolute atomic E-state index is 0.00268. The first kappa shape index (κ1) is 11.3. The van der Waals surface area contributed by atoms with E-state index in [1.165, 1.54) is 18.5 Å². The van der Waals surface area contributed by atoms with E-state index in [9.17, 15) is 8.42 Å². The van der Waals surface area contributed by atoms with E-state index in [1.807, 2.05) is 13.8 Å². The summed E-state index contributed by atoms with van der Waals surface area (Å²) in [4.78, 5) is 3.83. The molecule has 0 amide bonds. The summed E-state index contributed by atoms with van der Waals surface area (Å²) in [6.07, 6.45) is 3.59. The number of nitrogen functional groups attached to an aromatic ring is 1. The third-order valence-electron chi connectivity index (χ3n) is 2.92. The van der Waals surface area contributed by atoms with Crippen molar-refractivity contribution in [1.29, 1.82) is 0 Å². The molecule has 1 aliphatic carbocycles. The van der Waals surface area contributed by atoms with Crippen LogP contribution in [0.15, 0.2) is 23.4 Å². The fourth-order valence-corrected chi connectivity index (χ4v) is 3.02. The van der Waals surface area contributed by atoms with Crippen LogP contribution in [0.25, 0.3) is 0 Å². The van der Waals surface area contributed by atoms with Gasteiger partial charge in [-0.3, -0.25) is 4.98 Å². The van der Waals surface area contributed by atoms with E-state index in [1.54, 1.807) is 0 Å². The van der Waals surface area contributed by atoms with Gasteiger partial charge < -0.3 is 5.73 Å². The van der Waals surface area contributed by atoms with Crippen LogP contribution in [0.3, 0.4) is 0 Å². The normalized spacial score (nSPS) is 23.0. The maximum absolute atomic E-state index is 12.0. The summed E-state index contributed by atoms with van der Waals surface area (Å²) < 4.78 is 26.6. The summed E-state index contributed by atoms with van der Waals surface area (Å²) in [5.41, 5.74) is 5.88. The number of sulfonamides is 1. The van der Waals surface area contributed by atoms with Crippen LogP contribution >= 0.6 is 0 Å². The lowest BCUT2D eigenvalue weighted by atomic mass is 10.2. The Morgan fingerprint density at radius 2 is 2.19 bits per heavy atom. The quantitative estimate of drug-likeness (QED) is 0.817. The molecular weight excluding hydrogens is 226 g/mol. The molecule has 2 rings (SSSR count). The molecule has 1 heterocycles. The number of hydrogen-bond acceptors (Lipinski definition) is 4. The van der Waals surface area contributed by atoms with Crippen LogP contribution in [0.5, 0.6) is 0 Å². The summed E-state index contributed by atoms with van der Waals surface area (Å²) in [5.74, 6) is 0. The van der Waals surface area contributed by atoms with Crippen LogP contribution in [0, 0.1) is 5.41 Å². The highest BCUT2D eigenvalue weighted by atomic mass is 32.2. The van der Waals surface area contributed by atoms with Crippen LogP contribution in [-0.2, 0) is 10.0 Å². The van der Waals surface area contributed by atoms with Crippen molar-refractivity contribution in [2.75, 3.05) is 5.73 Å². The van der Waals surface area contributed by atoms with E-state index < -0.39 is 10.0 Å². The van der Waals surface area contributed by atoms with Crippen LogP contribution in [0.1, 0.15) is 20.3 Å². The summed E-state index contributed by atoms with van der Waals surface area (Å²) in [7, 11) is -3.54. The predicted octanol–water partition coefficient (Wildman–Crippen LogP) is 0.741. The second-order valence-corrected chi connectivity index (χ2v) is 6.46. The third-order valence-corrected chi connectivity index (χ3v) is 4.43. The van der Waals surface area contributed by atoms with Crippen molar-refractivity contribution in [2.24, 2.45) is 5.41 Å². The smallest absolute Gasteiger partial charge is 0.244 e. The molecule has 0 bridgehead atoms.